The van der Waals surface area contributed by atoms with E-state index in [1.165, 1.54) is 24.0 Å². The minimum Gasteiger partial charge on any atom is -0.313 e. The third kappa shape index (κ3) is 8.49. The van der Waals surface area contributed by atoms with E-state index in [9.17, 15) is 8.42 Å². The number of rotatable bonds is 12. The topological polar surface area (TPSA) is 58.2 Å². The molecular formula is C18H32N2O2S. The van der Waals surface area contributed by atoms with Crippen LogP contribution >= 0.6 is 0 Å². The summed E-state index contributed by atoms with van der Waals surface area (Å²) in [6.45, 7) is 7.89. The first-order valence-corrected chi connectivity index (χ1v) is 10.3. The highest BCUT2D eigenvalue weighted by Gasteiger charge is 2.13. The third-order valence-electron chi connectivity index (χ3n) is 3.88. The minimum atomic E-state index is -3.12. The molecule has 0 heterocycles. The lowest BCUT2D eigenvalue weighted by Gasteiger charge is -2.09. The van der Waals surface area contributed by atoms with Crippen molar-refractivity contribution in [1.82, 2.24) is 10.0 Å². The fraction of sp³-hybridized carbons (Fsp3) is 0.667. The maximum absolute atomic E-state index is 11.6. The van der Waals surface area contributed by atoms with Crippen molar-refractivity contribution in [3.05, 3.63) is 35.4 Å². The first kappa shape index (κ1) is 20.1. The lowest BCUT2D eigenvalue weighted by Crippen LogP contribution is -2.31. The molecule has 0 aliphatic carbocycles. The molecule has 0 saturated heterocycles. The van der Waals surface area contributed by atoms with Crippen molar-refractivity contribution < 1.29 is 8.42 Å². The SMILES string of the molecule is CCCCc1ccc(CNCCCCNS(=O)(=O)C(C)C)cc1. The van der Waals surface area contributed by atoms with E-state index in [1.807, 2.05) is 0 Å². The summed E-state index contributed by atoms with van der Waals surface area (Å²) in [5.41, 5.74) is 2.71. The normalized spacial score (nSPS) is 12.0. The van der Waals surface area contributed by atoms with Crippen LogP contribution in [0.3, 0.4) is 0 Å². The molecule has 0 saturated carbocycles. The molecule has 1 aromatic rings. The standard InChI is InChI=1S/C18H32N2O2S/c1-4-5-8-17-9-11-18(12-10-17)15-19-13-6-7-14-20-23(21,22)16(2)3/h9-12,16,19-20H,4-8,13-15H2,1-3H3. The maximum Gasteiger partial charge on any atom is 0.213 e. The van der Waals surface area contributed by atoms with Gasteiger partial charge in [-0.05, 0) is 57.2 Å². The molecule has 4 nitrogen and oxygen atoms in total. The van der Waals surface area contributed by atoms with E-state index >= 15 is 0 Å². The van der Waals surface area contributed by atoms with Crippen LogP contribution in [-0.4, -0.2) is 26.8 Å². The fourth-order valence-electron chi connectivity index (χ4n) is 2.19. The summed E-state index contributed by atoms with van der Waals surface area (Å²) in [6.07, 6.45) is 5.47. The highest BCUT2D eigenvalue weighted by Crippen LogP contribution is 2.07. The molecule has 0 spiro atoms. The Hall–Kier alpha value is -0.910. The van der Waals surface area contributed by atoms with Gasteiger partial charge in [0.1, 0.15) is 0 Å². The smallest absolute Gasteiger partial charge is 0.213 e. The monoisotopic (exact) mass is 340 g/mol. The van der Waals surface area contributed by atoms with E-state index in [0.717, 1.165) is 32.4 Å². The third-order valence-corrected chi connectivity index (χ3v) is 5.72. The second-order valence-corrected chi connectivity index (χ2v) is 8.61. The van der Waals surface area contributed by atoms with Crippen LogP contribution in [-0.2, 0) is 23.0 Å². The van der Waals surface area contributed by atoms with Gasteiger partial charge in [0.25, 0.3) is 0 Å². The summed E-state index contributed by atoms with van der Waals surface area (Å²) in [5.74, 6) is 0. The average Bonchev–Trinajstić information content (AvgIpc) is 2.53. The highest BCUT2D eigenvalue weighted by atomic mass is 32.2. The van der Waals surface area contributed by atoms with E-state index in [4.69, 9.17) is 0 Å². The molecule has 1 aromatic carbocycles. The zero-order chi connectivity index (χ0) is 17.1. The molecule has 0 fully saturated rings. The molecule has 0 aromatic heterocycles. The molecule has 2 N–H and O–H groups in total. The zero-order valence-electron chi connectivity index (χ0n) is 14.8. The first-order valence-electron chi connectivity index (χ1n) is 8.72. The molecule has 0 atom stereocenters. The minimum absolute atomic E-state index is 0.360. The Labute approximate surface area is 142 Å². The summed E-state index contributed by atoms with van der Waals surface area (Å²) >= 11 is 0. The van der Waals surface area contributed by atoms with Crippen LogP contribution in [0.4, 0.5) is 0 Å². The Balaban J connectivity index is 2.11. The Kier molecular flexibility index (Phi) is 9.44. The molecule has 5 heteroatoms. The molecular weight excluding hydrogens is 308 g/mol. The van der Waals surface area contributed by atoms with Gasteiger partial charge in [-0.25, -0.2) is 13.1 Å². The van der Waals surface area contributed by atoms with Crippen LogP contribution in [0, 0.1) is 0 Å². The van der Waals surface area contributed by atoms with E-state index < -0.39 is 10.0 Å². The van der Waals surface area contributed by atoms with Crippen molar-refractivity contribution >= 4 is 10.0 Å². The zero-order valence-corrected chi connectivity index (χ0v) is 15.6. The largest absolute Gasteiger partial charge is 0.313 e. The van der Waals surface area contributed by atoms with Crippen LogP contribution in [0.25, 0.3) is 0 Å². The van der Waals surface area contributed by atoms with Gasteiger partial charge in [0.05, 0.1) is 5.25 Å². The summed E-state index contributed by atoms with van der Waals surface area (Å²) < 4.78 is 25.8. The predicted molar refractivity (Wildman–Crippen MR) is 98.1 cm³/mol. The summed E-state index contributed by atoms with van der Waals surface area (Å²) in [4.78, 5) is 0. The highest BCUT2D eigenvalue weighted by molar-refractivity contribution is 7.90. The van der Waals surface area contributed by atoms with Gasteiger partial charge in [0.2, 0.25) is 10.0 Å². The molecule has 0 unspecified atom stereocenters. The van der Waals surface area contributed by atoms with Gasteiger partial charge in [-0.3, -0.25) is 0 Å². The van der Waals surface area contributed by atoms with Crippen molar-refractivity contribution in [3.8, 4) is 0 Å². The second-order valence-electron chi connectivity index (χ2n) is 6.29. The fourth-order valence-corrected chi connectivity index (χ4v) is 2.96. The van der Waals surface area contributed by atoms with E-state index in [0.29, 0.717) is 6.54 Å². The number of hydrogen-bond acceptors (Lipinski definition) is 3. The van der Waals surface area contributed by atoms with Gasteiger partial charge >= 0.3 is 0 Å². The van der Waals surface area contributed by atoms with Crippen LogP contribution < -0.4 is 10.0 Å². The molecule has 23 heavy (non-hydrogen) atoms. The van der Waals surface area contributed by atoms with Crippen LogP contribution in [0.1, 0.15) is 57.6 Å². The lowest BCUT2D eigenvalue weighted by molar-refractivity contribution is 0.563. The van der Waals surface area contributed by atoms with Gasteiger partial charge in [0, 0.05) is 13.1 Å². The summed E-state index contributed by atoms with van der Waals surface area (Å²) in [6, 6.07) is 8.81. The number of benzene rings is 1. The predicted octanol–water partition coefficient (Wildman–Crippen LogP) is 3.23. The molecule has 0 bridgehead atoms. The maximum atomic E-state index is 11.6. The van der Waals surface area contributed by atoms with Crippen LogP contribution in [0.2, 0.25) is 0 Å². The summed E-state index contributed by atoms with van der Waals surface area (Å²) in [5, 5.41) is 3.05. The molecule has 0 aliphatic rings. The van der Waals surface area contributed by atoms with E-state index in [2.05, 4.69) is 41.2 Å². The summed E-state index contributed by atoms with van der Waals surface area (Å²) in [7, 11) is -3.12. The van der Waals surface area contributed by atoms with Gasteiger partial charge in [0.15, 0.2) is 0 Å². The van der Waals surface area contributed by atoms with Gasteiger partial charge < -0.3 is 5.32 Å². The molecule has 0 radical (unpaired) electrons. The molecule has 0 amide bonds. The Bertz CT molecular complexity index is 524. The Morgan fingerprint density at radius 1 is 0.957 bits per heavy atom. The first-order chi connectivity index (χ1) is 11.0. The number of sulfonamides is 1. The number of nitrogens with one attached hydrogen (secondary N) is 2. The molecule has 132 valence electrons. The van der Waals surface area contributed by atoms with E-state index in [-0.39, 0.29) is 5.25 Å². The van der Waals surface area contributed by atoms with Gasteiger partial charge in [-0.1, -0.05) is 37.6 Å². The van der Waals surface area contributed by atoms with Crippen molar-refractivity contribution in [1.29, 1.82) is 0 Å². The molecule has 1 rings (SSSR count). The molecule has 0 aliphatic heterocycles. The number of unbranched alkanes of at least 4 members (excludes halogenated alkanes) is 2. The van der Waals surface area contributed by atoms with Crippen molar-refractivity contribution in [3.63, 3.8) is 0 Å². The van der Waals surface area contributed by atoms with Gasteiger partial charge in [-0.15, -0.1) is 0 Å². The van der Waals surface area contributed by atoms with Crippen molar-refractivity contribution in [2.45, 2.75) is 64.7 Å². The Morgan fingerprint density at radius 2 is 1.57 bits per heavy atom. The average molecular weight is 341 g/mol. The van der Waals surface area contributed by atoms with Gasteiger partial charge in [-0.2, -0.15) is 0 Å². The van der Waals surface area contributed by atoms with E-state index in [1.54, 1.807) is 13.8 Å². The Morgan fingerprint density at radius 3 is 2.17 bits per heavy atom. The quantitative estimate of drug-likeness (QED) is 0.574. The van der Waals surface area contributed by atoms with Crippen LogP contribution in [0.5, 0.6) is 0 Å². The number of hydrogen-bond donors (Lipinski definition) is 2. The lowest BCUT2D eigenvalue weighted by atomic mass is 10.1. The second kappa shape index (κ2) is 10.8. The van der Waals surface area contributed by atoms with Crippen LogP contribution in [0.15, 0.2) is 24.3 Å². The van der Waals surface area contributed by atoms with Crippen molar-refractivity contribution in [2.75, 3.05) is 13.1 Å². The van der Waals surface area contributed by atoms with Crippen molar-refractivity contribution in [2.24, 2.45) is 0 Å². The number of aryl methyl sites for hydroxylation is 1.